The van der Waals surface area contributed by atoms with Gasteiger partial charge in [-0.2, -0.15) is 0 Å². The van der Waals surface area contributed by atoms with Gasteiger partial charge in [-0.3, -0.25) is 9.59 Å². The molecule has 10 heteroatoms. The Kier molecular flexibility index (Phi) is 8.15. The number of rotatable bonds is 8. The molecule has 33 heavy (non-hydrogen) atoms. The number of amides is 2. The van der Waals surface area contributed by atoms with E-state index >= 15 is 0 Å². The van der Waals surface area contributed by atoms with Crippen molar-refractivity contribution >= 4 is 56.6 Å². The number of anilines is 2. The summed E-state index contributed by atoms with van der Waals surface area (Å²) in [6, 6.07) is 19.9. The van der Waals surface area contributed by atoms with E-state index in [4.69, 9.17) is 16.7 Å². The third kappa shape index (κ3) is 7.61. The number of nitrogens with two attached hydrogens (primary N) is 1. The number of benzene rings is 3. The molecule has 1 unspecified atom stereocenters. The minimum absolute atomic E-state index is 0.0298. The van der Waals surface area contributed by atoms with E-state index in [1.165, 1.54) is 36.0 Å². The van der Waals surface area contributed by atoms with Crippen molar-refractivity contribution in [2.45, 2.75) is 28.4 Å². The van der Waals surface area contributed by atoms with Crippen LogP contribution in [0.1, 0.15) is 12.5 Å². The van der Waals surface area contributed by atoms with Crippen LogP contribution in [-0.2, 0) is 26.0 Å². The average molecular weight is 504 g/mol. The highest BCUT2D eigenvalue weighted by Gasteiger charge is 2.16. The molecule has 0 aliphatic heterocycles. The van der Waals surface area contributed by atoms with E-state index < -0.39 is 15.3 Å². The van der Waals surface area contributed by atoms with E-state index in [1.807, 2.05) is 6.07 Å². The van der Waals surface area contributed by atoms with E-state index in [2.05, 4.69) is 10.6 Å². The Morgan fingerprint density at radius 1 is 0.970 bits per heavy atom. The molecule has 3 aromatic rings. The highest BCUT2D eigenvalue weighted by molar-refractivity contribution is 8.00. The first-order valence-electron chi connectivity index (χ1n) is 9.85. The first-order valence-corrected chi connectivity index (χ1v) is 12.7. The summed E-state index contributed by atoms with van der Waals surface area (Å²) in [4.78, 5) is 25.7. The lowest BCUT2D eigenvalue weighted by atomic mass is 10.1. The number of nitrogens with one attached hydrogen (secondary N) is 2. The number of hydrogen-bond acceptors (Lipinski definition) is 5. The molecule has 0 aliphatic carbocycles. The molecule has 3 rings (SSSR count). The van der Waals surface area contributed by atoms with Crippen LogP contribution in [0.4, 0.5) is 11.4 Å². The minimum Gasteiger partial charge on any atom is -0.326 e. The predicted octanol–water partition coefficient (Wildman–Crippen LogP) is 4.29. The van der Waals surface area contributed by atoms with Crippen LogP contribution in [0.5, 0.6) is 0 Å². The van der Waals surface area contributed by atoms with Gasteiger partial charge in [-0.25, -0.2) is 13.6 Å². The summed E-state index contributed by atoms with van der Waals surface area (Å²) in [5.41, 5.74) is 1.94. The maximum atomic E-state index is 12.5. The average Bonchev–Trinajstić information content (AvgIpc) is 2.75. The zero-order valence-electron chi connectivity index (χ0n) is 17.6. The second-order valence-corrected chi connectivity index (χ2v) is 10.6. The van der Waals surface area contributed by atoms with Gasteiger partial charge in [-0.1, -0.05) is 29.8 Å². The first kappa shape index (κ1) is 24.8. The number of hydrogen-bond donors (Lipinski definition) is 3. The normalized spacial score (nSPS) is 12.1. The van der Waals surface area contributed by atoms with E-state index in [1.54, 1.807) is 49.4 Å². The fraction of sp³-hybridized carbons (Fsp3) is 0.130. The topological polar surface area (TPSA) is 118 Å². The summed E-state index contributed by atoms with van der Waals surface area (Å²) in [6.45, 7) is 1.75. The molecule has 0 aromatic heterocycles. The lowest BCUT2D eigenvalue weighted by Crippen LogP contribution is -2.22. The van der Waals surface area contributed by atoms with Gasteiger partial charge in [0.05, 0.1) is 16.6 Å². The molecule has 7 nitrogen and oxygen atoms in total. The lowest BCUT2D eigenvalue weighted by Gasteiger charge is -2.13. The summed E-state index contributed by atoms with van der Waals surface area (Å²) in [5.74, 6) is -0.409. The van der Waals surface area contributed by atoms with Crippen LogP contribution in [-0.4, -0.2) is 25.5 Å². The van der Waals surface area contributed by atoms with Crippen molar-refractivity contribution in [3.8, 4) is 0 Å². The molecule has 0 radical (unpaired) electrons. The van der Waals surface area contributed by atoms with Gasteiger partial charge in [0.2, 0.25) is 21.8 Å². The van der Waals surface area contributed by atoms with Crippen molar-refractivity contribution in [1.29, 1.82) is 0 Å². The van der Waals surface area contributed by atoms with Crippen LogP contribution in [0.15, 0.2) is 82.6 Å². The molecular formula is C23H22ClN3O4S2. The van der Waals surface area contributed by atoms with Gasteiger partial charge in [-0.05, 0) is 67.1 Å². The maximum Gasteiger partial charge on any atom is 0.238 e. The molecule has 172 valence electrons. The Morgan fingerprint density at radius 3 is 2.27 bits per heavy atom. The van der Waals surface area contributed by atoms with Crippen LogP contribution in [0, 0.1) is 0 Å². The molecule has 1 atom stereocenters. The standard InChI is InChI=1S/C23H22ClN3O4S2/c1-15(23(29)27-18-9-11-21(12-10-18)33(25,30)31)32-20-4-2-3-19(14-20)26-22(28)13-16-5-7-17(24)8-6-16/h2-12,14-15H,13H2,1H3,(H,26,28)(H,27,29)(H2,25,30,31). The predicted molar refractivity (Wildman–Crippen MR) is 132 cm³/mol. The number of primary sulfonamides is 1. The van der Waals surface area contributed by atoms with Gasteiger partial charge in [0.15, 0.2) is 0 Å². The minimum atomic E-state index is -3.79. The fourth-order valence-corrected chi connectivity index (χ4v) is 4.44. The zero-order valence-corrected chi connectivity index (χ0v) is 20.0. The van der Waals surface area contributed by atoms with Gasteiger partial charge in [0.25, 0.3) is 0 Å². The summed E-state index contributed by atoms with van der Waals surface area (Å²) >= 11 is 7.20. The smallest absolute Gasteiger partial charge is 0.238 e. The lowest BCUT2D eigenvalue weighted by molar-refractivity contribution is -0.116. The van der Waals surface area contributed by atoms with E-state index in [0.29, 0.717) is 16.4 Å². The SMILES string of the molecule is CC(Sc1cccc(NC(=O)Cc2ccc(Cl)cc2)c1)C(=O)Nc1ccc(S(N)(=O)=O)cc1. The monoisotopic (exact) mass is 503 g/mol. The van der Waals surface area contributed by atoms with Crippen molar-refractivity contribution in [2.24, 2.45) is 5.14 Å². The Morgan fingerprint density at radius 2 is 1.64 bits per heavy atom. The number of thioether (sulfide) groups is 1. The Bertz CT molecular complexity index is 1250. The molecule has 0 spiro atoms. The molecule has 2 amide bonds. The molecule has 0 bridgehead atoms. The summed E-state index contributed by atoms with van der Waals surface area (Å²) < 4.78 is 22.7. The first-order chi connectivity index (χ1) is 15.6. The molecule has 0 fully saturated rings. The van der Waals surface area contributed by atoms with Crippen LogP contribution >= 0.6 is 23.4 Å². The van der Waals surface area contributed by atoms with Gasteiger partial charge in [0.1, 0.15) is 0 Å². The number of carbonyl (C=O) groups excluding carboxylic acids is 2. The van der Waals surface area contributed by atoms with Gasteiger partial charge in [-0.15, -0.1) is 11.8 Å². The number of sulfonamides is 1. The van der Waals surface area contributed by atoms with Crippen LogP contribution < -0.4 is 15.8 Å². The third-order valence-electron chi connectivity index (χ3n) is 4.53. The Labute approximate surface area is 201 Å². The van der Waals surface area contributed by atoms with Gasteiger partial charge >= 0.3 is 0 Å². The van der Waals surface area contributed by atoms with E-state index in [9.17, 15) is 18.0 Å². The van der Waals surface area contributed by atoms with Crippen molar-refractivity contribution in [3.05, 3.63) is 83.4 Å². The molecule has 0 aliphatic rings. The summed E-state index contributed by atoms with van der Waals surface area (Å²) in [6.07, 6.45) is 0.220. The van der Waals surface area contributed by atoms with Crippen molar-refractivity contribution < 1.29 is 18.0 Å². The maximum absolute atomic E-state index is 12.5. The molecule has 0 saturated heterocycles. The summed E-state index contributed by atoms with van der Waals surface area (Å²) in [5, 5.41) is 10.9. The van der Waals surface area contributed by atoms with Crippen LogP contribution in [0.2, 0.25) is 5.02 Å². The summed E-state index contributed by atoms with van der Waals surface area (Å²) in [7, 11) is -3.79. The largest absolute Gasteiger partial charge is 0.326 e. The Balaban J connectivity index is 1.56. The Hall–Kier alpha value is -2.85. The molecule has 4 N–H and O–H groups in total. The van der Waals surface area contributed by atoms with Gasteiger partial charge < -0.3 is 10.6 Å². The van der Waals surface area contributed by atoms with Crippen molar-refractivity contribution in [2.75, 3.05) is 10.6 Å². The van der Waals surface area contributed by atoms with Crippen molar-refractivity contribution in [3.63, 3.8) is 0 Å². The highest BCUT2D eigenvalue weighted by Crippen LogP contribution is 2.27. The van der Waals surface area contributed by atoms with E-state index in [-0.39, 0.29) is 23.1 Å². The zero-order chi connectivity index (χ0) is 24.0. The van der Waals surface area contributed by atoms with Crippen LogP contribution in [0.25, 0.3) is 0 Å². The molecule has 0 saturated carbocycles. The number of halogens is 1. The quantitative estimate of drug-likeness (QED) is 0.396. The molecule has 0 heterocycles. The highest BCUT2D eigenvalue weighted by atomic mass is 35.5. The second kappa shape index (κ2) is 10.8. The third-order valence-corrected chi connectivity index (χ3v) is 6.80. The van der Waals surface area contributed by atoms with Crippen LogP contribution in [0.3, 0.4) is 0 Å². The van der Waals surface area contributed by atoms with Gasteiger partial charge in [0, 0.05) is 21.3 Å². The van der Waals surface area contributed by atoms with Crippen molar-refractivity contribution in [1.82, 2.24) is 0 Å². The molecular weight excluding hydrogens is 482 g/mol. The molecule has 3 aromatic carbocycles. The number of carbonyl (C=O) groups is 2. The fourth-order valence-electron chi connectivity index (χ4n) is 2.87. The second-order valence-electron chi connectivity index (χ2n) is 7.20. The van der Waals surface area contributed by atoms with E-state index in [0.717, 1.165) is 10.5 Å².